The lowest BCUT2D eigenvalue weighted by molar-refractivity contribution is 0.0187. The number of likely N-dealkylation sites (tertiary alicyclic amines) is 1. The summed E-state index contributed by atoms with van der Waals surface area (Å²) >= 11 is 0. The number of hydrogen-bond acceptors (Lipinski definition) is 3. The van der Waals surface area contributed by atoms with Crippen LogP contribution in [0.25, 0.3) is 0 Å². The Balaban J connectivity index is 1.66. The van der Waals surface area contributed by atoms with Crippen LogP contribution in [0.4, 0.5) is 4.79 Å². The van der Waals surface area contributed by atoms with E-state index >= 15 is 0 Å². The van der Waals surface area contributed by atoms with E-state index in [4.69, 9.17) is 4.74 Å². The molecule has 2 fully saturated rings. The molecule has 0 unspecified atom stereocenters. The Kier molecular flexibility index (Phi) is 5.18. The fourth-order valence-electron chi connectivity index (χ4n) is 3.23. The van der Waals surface area contributed by atoms with E-state index in [1.165, 1.54) is 12.8 Å². The molecule has 1 amide bonds. The van der Waals surface area contributed by atoms with Crippen molar-refractivity contribution in [3.63, 3.8) is 0 Å². The third-order valence-electron chi connectivity index (χ3n) is 4.74. The summed E-state index contributed by atoms with van der Waals surface area (Å²) in [6.07, 6.45) is 4.57. The third-order valence-corrected chi connectivity index (χ3v) is 4.74. The molecule has 1 heterocycles. The summed E-state index contributed by atoms with van der Waals surface area (Å²) in [7, 11) is 0. The number of carbonyl (C=O) groups is 1. The van der Waals surface area contributed by atoms with Crippen molar-refractivity contribution in [3.05, 3.63) is 0 Å². The lowest BCUT2D eigenvalue weighted by Crippen LogP contribution is -2.52. The summed E-state index contributed by atoms with van der Waals surface area (Å²) < 4.78 is 5.43. The van der Waals surface area contributed by atoms with Gasteiger partial charge in [-0.15, -0.1) is 0 Å². The smallest absolute Gasteiger partial charge is 0.410 e. The highest BCUT2D eigenvalue weighted by molar-refractivity contribution is 5.68. The predicted octanol–water partition coefficient (Wildman–Crippen LogP) is 3.41. The number of carbonyl (C=O) groups excluding carboxylic acids is 1. The molecule has 0 radical (unpaired) electrons. The van der Waals surface area contributed by atoms with Gasteiger partial charge in [0.25, 0.3) is 0 Å². The topological polar surface area (TPSA) is 41.6 Å². The molecule has 0 aromatic rings. The Morgan fingerprint density at radius 1 is 1.14 bits per heavy atom. The van der Waals surface area contributed by atoms with Crippen LogP contribution in [0.15, 0.2) is 0 Å². The first kappa shape index (κ1) is 16.6. The molecular formula is C17H32N2O2. The van der Waals surface area contributed by atoms with Gasteiger partial charge in [-0.2, -0.15) is 0 Å². The zero-order chi connectivity index (χ0) is 15.6. The van der Waals surface area contributed by atoms with Gasteiger partial charge in [-0.3, -0.25) is 0 Å². The van der Waals surface area contributed by atoms with Gasteiger partial charge in [0.1, 0.15) is 5.60 Å². The van der Waals surface area contributed by atoms with E-state index < -0.39 is 5.60 Å². The van der Waals surface area contributed by atoms with Crippen LogP contribution < -0.4 is 5.32 Å². The van der Waals surface area contributed by atoms with Crippen LogP contribution in [0, 0.1) is 11.8 Å². The van der Waals surface area contributed by atoms with Gasteiger partial charge >= 0.3 is 6.09 Å². The molecule has 0 aromatic heterocycles. The van der Waals surface area contributed by atoms with Crippen molar-refractivity contribution >= 4 is 6.09 Å². The molecule has 2 aliphatic rings. The summed E-state index contributed by atoms with van der Waals surface area (Å²) in [5, 5.41) is 3.77. The predicted molar refractivity (Wildman–Crippen MR) is 85.3 cm³/mol. The number of nitrogens with zero attached hydrogens (tertiary/aromatic N) is 1. The fraction of sp³-hybridized carbons (Fsp3) is 0.941. The first-order valence-corrected chi connectivity index (χ1v) is 8.48. The maximum absolute atomic E-state index is 12.0. The molecule has 0 bridgehead atoms. The van der Waals surface area contributed by atoms with Crippen molar-refractivity contribution in [1.82, 2.24) is 10.2 Å². The van der Waals surface area contributed by atoms with Gasteiger partial charge in [0.05, 0.1) is 0 Å². The summed E-state index contributed by atoms with van der Waals surface area (Å²) in [6.45, 7) is 12.0. The molecule has 4 nitrogen and oxygen atoms in total. The van der Waals surface area contributed by atoms with E-state index in [-0.39, 0.29) is 6.09 Å². The summed E-state index contributed by atoms with van der Waals surface area (Å²) in [5.41, 5.74) is -0.399. The van der Waals surface area contributed by atoms with Crippen LogP contribution in [-0.2, 0) is 4.74 Å². The van der Waals surface area contributed by atoms with Gasteiger partial charge in [-0.05, 0) is 58.3 Å². The maximum Gasteiger partial charge on any atom is 0.410 e. The van der Waals surface area contributed by atoms with Gasteiger partial charge in [-0.1, -0.05) is 13.8 Å². The minimum absolute atomic E-state index is 0.163. The zero-order valence-electron chi connectivity index (χ0n) is 14.3. The van der Waals surface area contributed by atoms with Crippen LogP contribution in [0.2, 0.25) is 0 Å². The lowest BCUT2D eigenvalue weighted by atomic mass is 9.73. The molecule has 4 heteroatoms. The Labute approximate surface area is 129 Å². The summed E-state index contributed by atoms with van der Waals surface area (Å²) in [4.78, 5) is 13.9. The van der Waals surface area contributed by atoms with Crippen LogP contribution in [0.5, 0.6) is 0 Å². The molecule has 21 heavy (non-hydrogen) atoms. The number of amides is 1. The molecular weight excluding hydrogens is 264 g/mol. The van der Waals surface area contributed by atoms with Crippen molar-refractivity contribution in [2.75, 3.05) is 13.1 Å². The van der Waals surface area contributed by atoms with Crippen LogP contribution in [0.1, 0.15) is 60.3 Å². The molecule has 1 aliphatic heterocycles. The quantitative estimate of drug-likeness (QED) is 0.867. The molecule has 0 atom stereocenters. The van der Waals surface area contributed by atoms with Gasteiger partial charge in [-0.25, -0.2) is 4.79 Å². The second-order valence-electron chi connectivity index (χ2n) is 8.08. The number of ether oxygens (including phenoxy) is 1. The maximum atomic E-state index is 12.0. The molecule has 0 aromatic carbocycles. The number of piperidine rings is 1. The number of rotatable bonds is 3. The fourth-order valence-corrected chi connectivity index (χ4v) is 3.23. The second kappa shape index (κ2) is 6.55. The van der Waals surface area contributed by atoms with Crippen LogP contribution >= 0.6 is 0 Å². The minimum atomic E-state index is -0.399. The van der Waals surface area contributed by atoms with Gasteiger partial charge < -0.3 is 15.0 Å². The molecule has 1 N–H and O–H groups in total. The largest absolute Gasteiger partial charge is 0.444 e. The number of nitrogens with one attached hydrogen (secondary N) is 1. The minimum Gasteiger partial charge on any atom is -0.444 e. The molecule has 1 saturated carbocycles. The summed E-state index contributed by atoms with van der Waals surface area (Å²) in [5.74, 6) is 1.72. The van der Waals surface area contributed by atoms with Crippen LogP contribution in [-0.4, -0.2) is 41.8 Å². The van der Waals surface area contributed by atoms with Gasteiger partial charge in [0.15, 0.2) is 0 Å². The number of hydrogen-bond donors (Lipinski definition) is 1. The standard InChI is InChI=1S/C17H32N2O2/c1-12(2)13-10-15(11-13)18-14-6-8-19(9-7-14)16(20)21-17(3,4)5/h12-15,18H,6-11H2,1-5H3. The SMILES string of the molecule is CC(C)C1CC(NC2CCN(C(=O)OC(C)(C)C)CC2)C1. The van der Waals surface area contributed by atoms with Gasteiger partial charge in [0.2, 0.25) is 0 Å². The lowest BCUT2D eigenvalue weighted by Gasteiger charge is -2.42. The summed E-state index contributed by atoms with van der Waals surface area (Å²) in [6, 6.07) is 1.28. The highest BCUT2D eigenvalue weighted by atomic mass is 16.6. The zero-order valence-corrected chi connectivity index (χ0v) is 14.3. The molecule has 1 aliphatic carbocycles. The van der Waals surface area contributed by atoms with E-state index in [1.54, 1.807) is 0 Å². The van der Waals surface area contributed by atoms with Crippen molar-refractivity contribution in [2.24, 2.45) is 11.8 Å². The van der Waals surface area contributed by atoms with Crippen LogP contribution in [0.3, 0.4) is 0 Å². The molecule has 1 saturated heterocycles. The molecule has 0 spiro atoms. The Hall–Kier alpha value is -0.770. The Morgan fingerprint density at radius 3 is 2.19 bits per heavy atom. The van der Waals surface area contributed by atoms with Crippen molar-refractivity contribution in [1.29, 1.82) is 0 Å². The van der Waals surface area contributed by atoms with E-state index in [1.807, 2.05) is 25.7 Å². The van der Waals surface area contributed by atoms with E-state index in [2.05, 4.69) is 19.2 Å². The monoisotopic (exact) mass is 296 g/mol. The average Bonchev–Trinajstić information content (AvgIpc) is 2.31. The van der Waals surface area contributed by atoms with E-state index in [0.29, 0.717) is 12.1 Å². The second-order valence-corrected chi connectivity index (χ2v) is 8.08. The first-order valence-electron chi connectivity index (χ1n) is 8.48. The highest BCUT2D eigenvalue weighted by Gasteiger charge is 2.34. The normalized spacial score (nSPS) is 27.6. The Bertz CT molecular complexity index is 348. The average molecular weight is 296 g/mol. The highest BCUT2D eigenvalue weighted by Crippen LogP contribution is 2.34. The van der Waals surface area contributed by atoms with Crippen molar-refractivity contribution < 1.29 is 9.53 Å². The van der Waals surface area contributed by atoms with E-state index in [9.17, 15) is 4.79 Å². The Morgan fingerprint density at radius 2 is 1.71 bits per heavy atom. The molecule has 122 valence electrons. The van der Waals surface area contributed by atoms with Crippen molar-refractivity contribution in [3.8, 4) is 0 Å². The first-order chi connectivity index (χ1) is 9.74. The van der Waals surface area contributed by atoms with Crippen molar-refractivity contribution in [2.45, 2.75) is 78.0 Å². The van der Waals surface area contributed by atoms with Gasteiger partial charge in [0, 0.05) is 25.2 Å². The van der Waals surface area contributed by atoms with E-state index in [0.717, 1.165) is 37.8 Å². The third kappa shape index (κ3) is 4.87. The molecule has 2 rings (SSSR count).